The van der Waals surface area contributed by atoms with E-state index in [4.69, 9.17) is 9.22 Å². The molecule has 0 aromatic heterocycles. The Morgan fingerprint density at radius 1 is 1.86 bits per heavy atom. The lowest BCUT2D eigenvalue weighted by atomic mass is 10.3. The molecule has 0 aliphatic carbocycles. The van der Waals surface area contributed by atoms with Gasteiger partial charge in [-0.1, -0.05) is 6.92 Å². The topological polar surface area (TPSA) is 29.5 Å². The van der Waals surface area contributed by atoms with Crippen LogP contribution in [-0.4, -0.2) is 20.9 Å². The molecule has 3 heteroatoms. The summed E-state index contributed by atoms with van der Waals surface area (Å²) in [5.74, 6) is 0. The predicted octanol–water partition coefficient (Wildman–Crippen LogP) is 0.328. The zero-order valence-electron chi connectivity index (χ0n) is 4.64. The molecule has 0 aromatic carbocycles. The quantitative estimate of drug-likeness (QED) is 0.541. The summed E-state index contributed by atoms with van der Waals surface area (Å²) < 4.78 is 4.77. The van der Waals surface area contributed by atoms with Crippen LogP contribution in [-0.2, 0) is 4.43 Å². The first-order valence-electron chi connectivity index (χ1n) is 2.36. The average molecular weight is 118 g/mol. The van der Waals surface area contributed by atoms with Gasteiger partial charge in [0.25, 0.3) is 0 Å². The number of hydrogen-bond acceptors (Lipinski definition) is 2. The van der Waals surface area contributed by atoms with Gasteiger partial charge in [-0.25, -0.2) is 0 Å². The van der Waals surface area contributed by atoms with Crippen LogP contribution in [0.25, 0.3) is 0 Å². The lowest BCUT2D eigenvalue weighted by molar-refractivity contribution is 0.197. The highest BCUT2D eigenvalue weighted by molar-refractivity contribution is 6.15. The average Bonchev–Trinajstić information content (AvgIpc) is 1.68. The molecule has 42 valence electrons. The monoisotopic (exact) mass is 118 g/mol. The molecule has 0 heterocycles. The Morgan fingerprint density at radius 2 is 2.43 bits per heavy atom. The first-order chi connectivity index (χ1) is 3.31. The smallest absolute Gasteiger partial charge is 0.409 e. The van der Waals surface area contributed by atoms with Gasteiger partial charge in [0.1, 0.15) is 0 Å². The van der Waals surface area contributed by atoms with E-state index in [9.17, 15) is 0 Å². The molecule has 0 bridgehead atoms. The van der Waals surface area contributed by atoms with E-state index in [2.05, 4.69) is 0 Å². The molecule has 0 amide bonds. The summed E-state index contributed by atoms with van der Waals surface area (Å²) in [7, 11) is -0.355. The minimum Gasteiger partial charge on any atom is -0.409 e. The third-order valence-electron chi connectivity index (χ3n) is 0.829. The molecule has 0 rings (SSSR count). The van der Waals surface area contributed by atoms with E-state index in [1.165, 1.54) is 0 Å². The van der Waals surface area contributed by atoms with Crippen molar-refractivity contribution >= 4 is 10.0 Å². The maximum Gasteiger partial charge on any atom is 0.430 e. The maximum atomic E-state index is 8.17. The second-order valence-corrected chi connectivity index (χ2v) is 1.85. The van der Waals surface area contributed by atoms with Gasteiger partial charge in [0.2, 0.25) is 0 Å². The van der Waals surface area contributed by atoms with E-state index >= 15 is 0 Å². The Labute approximate surface area is 46.6 Å². The van der Waals surface area contributed by atoms with Crippen LogP contribution in [0.2, 0.25) is 0 Å². The third kappa shape index (κ3) is 3.98. The Balaban J connectivity index is 2.83. The van der Waals surface area contributed by atoms with E-state index < -0.39 is 0 Å². The molecule has 1 atom stereocenters. The van der Waals surface area contributed by atoms with Crippen LogP contribution in [0.1, 0.15) is 20.3 Å². The SMILES string of the molecule is CCC(C)O[Si]O. The summed E-state index contributed by atoms with van der Waals surface area (Å²) in [6.07, 6.45) is 1.18. The molecule has 0 aliphatic rings. The molecule has 0 saturated carbocycles. The largest absolute Gasteiger partial charge is 0.430 e. The van der Waals surface area contributed by atoms with Crippen molar-refractivity contribution in [1.82, 2.24) is 0 Å². The minimum absolute atomic E-state index is 0.211. The fourth-order valence-electron chi connectivity index (χ4n) is 0.173. The summed E-state index contributed by atoms with van der Waals surface area (Å²) in [5, 5.41) is 0. The van der Waals surface area contributed by atoms with Gasteiger partial charge in [-0.2, -0.15) is 0 Å². The van der Waals surface area contributed by atoms with Crippen LogP contribution in [0.4, 0.5) is 0 Å². The first kappa shape index (κ1) is 7.14. The van der Waals surface area contributed by atoms with Gasteiger partial charge in [-0.05, 0) is 13.3 Å². The van der Waals surface area contributed by atoms with Gasteiger partial charge >= 0.3 is 10.0 Å². The fraction of sp³-hybridized carbons (Fsp3) is 1.00. The summed E-state index contributed by atoms with van der Waals surface area (Å²) in [5.41, 5.74) is 0. The molecular formula is C4H10O2Si. The third-order valence-corrected chi connectivity index (χ3v) is 1.34. The van der Waals surface area contributed by atoms with Crippen LogP contribution < -0.4 is 0 Å². The Bertz CT molecular complexity index is 40.7. The minimum atomic E-state index is -0.355. The van der Waals surface area contributed by atoms with Crippen molar-refractivity contribution in [2.75, 3.05) is 0 Å². The van der Waals surface area contributed by atoms with E-state index in [-0.39, 0.29) is 16.1 Å². The van der Waals surface area contributed by atoms with E-state index in [0.29, 0.717) is 0 Å². The Morgan fingerprint density at radius 3 is 2.57 bits per heavy atom. The fourth-order valence-corrected chi connectivity index (χ4v) is 0.520. The van der Waals surface area contributed by atoms with Crippen LogP contribution in [0.5, 0.6) is 0 Å². The van der Waals surface area contributed by atoms with Crippen LogP contribution in [0, 0.1) is 0 Å². The van der Waals surface area contributed by atoms with Gasteiger partial charge < -0.3 is 9.22 Å². The highest BCUT2D eigenvalue weighted by Crippen LogP contribution is 1.91. The summed E-state index contributed by atoms with van der Waals surface area (Å²) in [4.78, 5) is 8.17. The van der Waals surface area contributed by atoms with Gasteiger partial charge in [-0.15, -0.1) is 0 Å². The van der Waals surface area contributed by atoms with Gasteiger partial charge in [0.05, 0.1) is 0 Å². The Hall–Kier alpha value is 0.137. The van der Waals surface area contributed by atoms with Crippen molar-refractivity contribution < 1.29 is 9.22 Å². The molecular weight excluding hydrogens is 108 g/mol. The molecule has 0 spiro atoms. The second-order valence-electron chi connectivity index (χ2n) is 1.43. The highest BCUT2D eigenvalue weighted by Gasteiger charge is 1.94. The summed E-state index contributed by atoms with van der Waals surface area (Å²) >= 11 is 0. The van der Waals surface area contributed by atoms with Crippen molar-refractivity contribution in [2.24, 2.45) is 0 Å². The molecule has 0 aliphatic heterocycles. The van der Waals surface area contributed by atoms with Gasteiger partial charge in [0, 0.05) is 6.10 Å². The first-order valence-corrected chi connectivity index (χ1v) is 3.21. The molecule has 7 heavy (non-hydrogen) atoms. The Kier molecular flexibility index (Phi) is 4.38. The van der Waals surface area contributed by atoms with Crippen molar-refractivity contribution in [3.05, 3.63) is 0 Å². The number of hydrogen-bond donors (Lipinski definition) is 1. The zero-order chi connectivity index (χ0) is 5.70. The van der Waals surface area contributed by atoms with E-state index in [1.807, 2.05) is 13.8 Å². The lowest BCUT2D eigenvalue weighted by Gasteiger charge is -2.03. The second kappa shape index (κ2) is 4.30. The summed E-state index contributed by atoms with van der Waals surface area (Å²) in [6, 6.07) is 0. The zero-order valence-corrected chi connectivity index (χ0v) is 5.64. The van der Waals surface area contributed by atoms with Crippen molar-refractivity contribution in [2.45, 2.75) is 26.4 Å². The van der Waals surface area contributed by atoms with Gasteiger partial charge in [0.15, 0.2) is 0 Å². The van der Waals surface area contributed by atoms with Gasteiger partial charge in [-0.3, -0.25) is 0 Å². The van der Waals surface area contributed by atoms with Crippen molar-refractivity contribution in [3.8, 4) is 0 Å². The molecule has 2 radical (unpaired) electrons. The van der Waals surface area contributed by atoms with E-state index in [0.717, 1.165) is 6.42 Å². The standard InChI is InChI=1S/C4H10O2Si/c1-3-4(2)6-7-5/h4-5H,3H2,1-2H3. The van der Waals surface area contributed by atoms with Crippen molar-refractivity contribution in [1.29, 1.82) is 0 Å². The highest BCUT2D eigenvalue weighted by atomic mass is 28.2. The molecule has 1 unspecified atom stereocenters. The molecule has 0 aromatic rings. The molecule has 0 fully saturated rings. The number of rotatable bonds is 3. The van der Waals surface area contributed by atoms with Crippen LogP contribution in [0.3, 0.4) is 0 Å². The lowest BCUT2D eigenvalue weighted by Crippen LogP contribution is -2.09. The molecule has 0 saturated heterocycles. The summed E-state index contributed by atoms with van der Waals surface area (Å²) in [6.45, 7) is 3.95. The van der Waals surface area contributed by atoms with Crippen molar-refractivity contribution in [3.63, 3.8) is 0 Å². The van der Waals surface area contributed by atoms with Crippen LogP contribution in [0.15, 0.2) is 0 Å². The van der Waals surface area contributed by atoms with Crippen LogP contribution >= 0.6 is 0 Å². The maximum absolute atomic E-state index is 8.17. The molecule has 2 nitrogen and oxygen atoms in total. The van der Waals surface area contributed by atoms with E-state index in [1.54, 1.807) is 0 Å². The normalized spacial score (nSPS) is 14.1. The predicted molar refractivity (Wildman–Crippen MR) is 28.8 cm³/mol. The molecule has 1 N–H and O–H groups in total.